The van der Waals surface area contributed by atoms with E-state index in [1.54, 1.807) is 23.1 Å². The number of Topliss-reactive ketones (excluding diaryl/α,β-unsaturated/α-hetero) is 1. The molecule has 16 nitrogen and oxygen atoms in total. The van der Waals surface area contributed by atoms with E-state index in [-0.39, 0.29) is 79.5 Å². The average Bonchev–Trinajstić information content (AvgIpc) is 3.87. The fourth-order valence-electron chi connectivity index (χ4n) is 5.97. The van der Waals surface area contributed by atoms with Crippen LogP contribution < -0.4 is 24.3 Å². The Balaban J connectivity index is 1.08. The van der Waals surface area contributed by atoms with Gasteiger partial charge in [-0.25, -0.2) is 4.39 Å². The molecule has 18 heteroatoms. The molecule has 0 spiro atoms. The number of benzene rings is 2. The van der Waals surface area contributed by atoms with Crippen molar-refractivity contribution < 1.29 is 68.1 Å². The second-order valence-electron chi connectivity index (χ2n) is 13.0. The number of hydrogen-bond acceptors (Lipinski definition) is 13. The summed E-state index contributed by atoms with van der Waals surface area (Å²) < 4.78 is 51.5. The van der Waals surface area contributed by atoms with Crippen LogP contribution in [-0.2, 0) is 46.6 Å². The number of likely N-dealkylation sites (tertiary alicyclic amines) is 1. The van der Waals surface area contributed by atoms with Gasteiger partial charge in [-0.1, -0.05) is 0 Å². The molecule has 2 aliphatic heterocycles. The van der Waals surface area contributed by atoms with Gasteiger partial charge in [-0.05, 0) is 36.2 Å². The summed E-state index contributed by atoms with van der Waals surface area (Å²) >= 11 is 1.03. The quantitative estimate of drug-likeness (QED) is 0.0724. The Hall–Kier alpha value is -5.78. The number of imide groups is 1. The fourth-order valence-corrected chi connectivity index (χ4v) is 7.02. The number of rotatable bonds is 20. The summed E-state index contributed by atoms with van der Waals surface area (Å²) in [6.07, 6.45) is -2.78. The molecule has 2 aromatic carbocycles. The lowest BCUT2D eigenvalue weighted by molar-refractivity contribution is -0.148. The minimum Gasteiger partial charge on any atom is -0.493 e. The molecule has 1 aromatic heterocycles. The molecule has 0 radical (unpaired) electrons. The van der Waals surface area contributed by atoms with E-state index in [1.165, 1.54) is 27.2 Å². The summed E-state index contributed by atoms with van der Waals surface area (Å²) in [7, 11) is 2.85. The first-order chi connectivity index (χ1) is 27.2. The van der Waals surface area contributed by atoms with Crippen LogP contribution >= 0.6 is 11.3 Å². The van der Waals surface area contributed by atoms with Gasteiger partial charge < -0.3 is 39.0 Å². The van der Waals surface area contributed by atoms with Crippen molar-refractivity contribution in [1.82, 2.24) is 15.1 Å². The van der Waals surface area contributed by atoms with E-state index in [4.69, 9.17) is 30.2 Å². The van der Waals surface area contributed by atoms with Crippen molar-refractivity contribution in [3.8, 4) is 23.0 Å². The number of ether oxygens (including phenoxy) is 5. The van der Waals surface area contributed by atoms with E-state index in [0.717, 1.165) is 22.5 Å². The number of hydrogen-bond donors (Lipinski definition) is 2. The number of carboxylic acid groups (broad SMARTS) is 1. The van der Waals surface area contributed by atoms with Gasteiger partial charge in [0.2, 0.25) is 23.6 Å². The number of nitrogens with zero attached hydrogens (tertiary/aromatic N) is 2. The highest BCUT2D eigenvalue weighted by molar-refractivity contribution is 7.20. The summed E-state index contributed by atoms with van der Waals surface area (Å²) in [5.74, 6) is -4.28. The molecular weight excluding hydrogens is 757 g/mol. The maximum Gasteiger partial charge on any atom is 0.306 e. The number of carboxylic acids is 1. The second-order valence-corrected chi connectivity index (χ2v) is 14.0. The molecular formula is C38H42FN3O13S. The number of carbonyl (C=O) groups is 7. The third kappa shape index (κ3) is 10.3. The van der Waals surface area contributed by atoms with Gasteiger partial charge in [0.25, 0.3) is 0 Å². The summed E-state index contributed by atoms with van der Waals surface area (Å²) in [4.78, 5) is 87.0. The second kappa shape index (κ2) is 18.7. The molecule has 2 N–H and O–H groups in total. The Morgan fingerprint density at radius 2 is 1.62 bits per heavy atom. The fraction of sp³-hybridized carbons (Fsp3) is 0.447. The van der Waals surface area contributed by atoms with Crippen LogP contribution in [0.5, 0.6) is 23.0 Å². The number of nitrogens with one attached hydrogen (secondary N) is 1. The van der Waals surface area contributed by atoms with Gasteiger partial charge in [0.05, 0.1) is 51.7 Å². The smallest absolute Gasteiger partial charge is 0.306 e. The molecule has 1 unspecified atom stereocenters. The van der Waals surface area contributed by atoms with E-state index >= 15 is 4.39 Å². The van der Waals surface area contributed by atoms with Crippen molar-refractivity contribution in [3.63, 3.8) is 0 Å². The lowest BCUT2D eigenvalue weighted by Crippen LogP contribution is -2.42. The zero-order chi connectivity index (χ0) is 41.4. The monoisotopic (exact) mass is 801 g/mol. The highest BCUT2D eigenvalue weighted by Crippen LogP contribution is 2.41. The highest BCUT2D eigenvalue weighted by Gasteiger charge is 2.31. The number of ketones is 1. The van der Waals surface area contributed by atoms with Crippen LogP contribution in [0, 0.1) is 5.82 Å². The van der Waals surface area contributed by atoms with Crippen molar-refractivity contribution in [2.75, 3.05) is 40.5 Å². The number of amides is 4. The molecule has 0 aliphatic carbocycles. The van der Waals surface area contributed by atoms with Gasteiger partial charge in [-0.3, -0.25) is 38.5 Å². The molecule has 1 fully saturated rings. The van der Waals surface area contributed by atoms with Gasteiger partial charge in [0.1, 0.15) is 12.6 Å². The number of carbonyl (C=O) groups excluding carboxylic acids is 6. The van der Waals surface area contributed by atoms with Crippen molar-refractivity contribution in [1.29, 1.82) is 0 Å². The molecule has 2 aliphatic rings. The predicted molar refractivity (Wildman–Crippen MR) is 196 cm³/mol. The van der Waals surface area contributed by atoms with Crippen LogP contribution in [0.25, 0.3) is 10.1 Å². The molecule has 1 saturated heterocycles. The molecule has 0 bridgehead atoms. The zero-order valence-corrected chi connectivity index (χ0v) is 31.8. The molecule has 4 amide bonds. The number of halogens is 1. The van der Waals surface area contributed by atoms with Gasteiger partial charge in [0, 0.05) is 62.7 Å². The average molecular weight is 802 g/mol. The number of fused-ring (bicyclic) bond motifs is 2. The lowest BCUT2D eigenvalue weighted by atomic mass is 10.1. The molecule has 3 aromatic rings. The summed E-state index contributed by atoms with van der Waals surface area (Å²) in [6, 6.07) is 6.50. The van der Waals surface area contributed by atoms with Crippen molar-refractivity contribution >= 4 is 62.8 Å². The topological polar surface area (TPSA) is 204 Å². The maximum atomic E-state index is 15.8. The Morgan fingerprint density at radius 1 is 0.929 bits per heavy atom. The van der Waals surface area contributed by atoms with E-state index in [9.17, 15) is 33.6 Å². The zero-order valence-electron chi connectivity index (χ0n) is 32.0. The van der Waals surface area contributed by atoms with E-state index in [0.29, 0.717) is 40.6 Å². The largest absolute Gasteiger partial charge is 0.493 e. The van der Waals surface area contributed by atoms with Gasteiger partial charge in [-0.15, -0.1) is 11.3 Å². The minimum atomic E-state index is -1.22. The SMILES string of the molecule is [3H]C1CC(=O)N(CC(=O)NC[C@@H](C)OC(=O)CCC(=O)c2cc3c(F)c(OCCCOc4cc5c(cc4OC)CN(C(=O)CCC(=O)O)C5)c(OC)cc3s2)C1=O. The standard InChI is InChI=1S/C38H42FN3O13S/c1-21(17-40-31(44)20-42-33(46)6-7-34(42)47)55-36(50)10-5-25(43)30-15-24-29(56-30)16-28(52-3)38(37(24)39)54-12-4-11-53-27-14-23-19-41(32(45)8-9-35(48)49)18-22(23)13-26(27)51-2/h13-16,21H,4-12,17-20H2,1-3H3,(H,40,44)(H,48,49)/t21-/m1/s1/i6T/t6?,21-. The number of thiophene rings is 1. The van der Waals surface area contributed by atoms with Crippen LogP contribution in [0.4, 0.5) is 4.39 Å². The summed E-state index contributed by atoms with van der Waals surface area (Å²) in [6.45, 7) is 1.73. The molecule has 5 rings (SSSR count). The highest BCUT2D eigenvalue weighted by atomic mass is 32.1. The molecule has 3 heterocycles. The third-order valence-electron chi connectivity index (χ3n) is 8.88. The number of esters is 1. The number of aliphatic carboxylic acids is 1. The van der Waals surface area contributed by atoms with E-state index in [1.807, 2.05) is 0 Å². The Kier molecular flexibility index (Phi) is 13.3. The first-order valence-electron chi connectivity index (χ1n) is 18.3. The van der Waals surface area contributed by atoms with E-state index in [2.05, 4.69) is 5.32 Å². The van der Waals surface area contributed by atoms with E-state index < -0.39 is 60.3 Å². The van der Waals surface area contributed by atoms with Crippen LogP contribution in [0.3, 0.4) is 0 Å². The molecule has 0 saturated carbocycles. The first kappa shape index (κ1) is 39.9. The van der Waals surface area contributed by atoms with Crippen molar-refractivity contribution in [2.24, 2.45) is 0 Å². The lowest BCUT2D eigenvalue weighted by Gasteiger charge is -2.16. The molecule has 300 valence electrons. The van der Waals surface area contributed by atoms with Gasteiger partial charge in [-0.2, -0.15) is 0 Å². The Labute approximate surface area is 326 Å². The number of methoxy groups -OCH3 is 2. The summed E-state index contributed by atoms with van der Waals surface area (Å²) in [5, 5.41) is 11.5. The normalized spacial score (nSPS) is 15.6. The Morgan fingerprint density at radius 3 is 2.29 bits per heavy atom. The molecule has 56 heavy (non-hydrogen) atoms. The molecule has 2 atom stereocenters. The first-order valence-corrected chi connectivity index (χ1v) is 18.5. The van der Waals surface area contributed by atoms with Crippen molar-refractivity contribution in [2.45, 2.75) is 71.0 Å². The predicted octanol–water partition coefficient (Wildman–Crippen LogP) is 3.77. The van der Waals surface area contributed by atoms with Gasteiger partial charge in [0.15, 0.2) is 34.6 Å². The maximum absolute atomic E-state index is 15.8. The third-order valence-corrected chi connectivity index (χ3v) is 10.0. The van der Waals surface area contributed by atoms with Crippen LogP contribution in [0.2, 0.25) is 0 Å². The Bertz CT molecular complexity index is 2070. The van der Waals surface area contributed by atoms with Crippen molar-refractivity contribution in [3.05, 3.63) is 46.1 Å². The van der Waals surface area contributed by atoms with Gasteiger partial charge >= 0.3 is 11.9 Å². The van der Waals surface area contributed by atoms with Crippen LogP contribution in [0.1, 0.15) is 74.0 Å². The van der Waals surface area contributed by atoms with Crippen LogP contribution in [0.15, 0.2) is 24.3 Å². The van der Waals surface area contributed by atoms with Crippen LogP contribution in [-0.4, -0.2) is 103 Å². The minimum absolute atomic E-state index is 0.0439. The summed E-state index contributed by atoms with van der Waals surface area (Å²) in [5.41, 5.74) is 1.72.